The Hall–Kier alpha value is -2.69. The number of rotatable bonds is 6. The topological polar surface area (TPSA) is 172 Å². The number of ether oxygens (including phenoxy) is 1. The summed E-state index contributed by atoms with van der Waals surface area (Å²) in [4.78, 5) is 13.1. The van der Waals surface area contributed by atoms with Gasteiger partial charge in [0.1, 0.15) is 24.6 Å². The van der Waals surface area contributed by atoms with Crippen LogP contribution < -0.4 is 5.43 Å². The highest BCUT2D eigenvalue weighted by Crippen LogP contribution is 2.41. The van der Waals surface area contributed by atoms with Crippen LogP contribution in [0.3, 0.4) is 0 Å². The van der Waals surface area contributed by atoms with E-state index in [1.807, 2.05) is 25.8 Å². The molecule has 3 aromatic heterocycles. The van der Waals surface area contributed by atoms with Crippen molar-refractivity contribution < 1.29 is 27.9 Å². The number of anilines is 1. The van der Waals surface area contributed by atoms with Crippen LogP contribution in [0.2, 0.25) is 0 Å². The summed E-state index contributed by atoms with van der Waals surface area (Å²) in [5.74, 6) is 0.757. The van der Waals surface area contributed by atoms with Gasteiger partial charge in [0, 0.05) is 37.7 Å². The quantitative estimate of drug-likeness (QED) is 0.394. The lowest BCUT2D eigenvalue weighted by Crippen LogP contribution is -2.52. The molecule has 2 saturated heterocycles. The predicted molar refractivity (Wildman–Crippen MR) is 136 cm³/mol. The van der Waals surface area contributed by atoms with Crippen molar-refractivity contribution in [2.75, 3.05) is 31.6 Å². The minimum Gasteiger partial charge on any atom is -0.387 e. The minimum absolute atomic E-state index is 0.250. The van der Waals surface area contributed by atoms with Crippen LogP contribution in [0.4, 0.5) is 5.82 Å². The molecule has 0 spiro atoms. The van der Waals surface area contributed by atoms with E-state index in [1.165, 1.54) is 17.0 Å². The van der Waals surface area contributed by atoms with E-state index in [1.54, 1.807) is 24.5 Å². The maximum absolute atomic E-state index is 12.5. The highest BCUT2D eigenvalue weighted by atomic mass is 32.2. The summed E-state index contributed by atoms with van der Waals surface area (Å²) >= 11 is 0. The molecule has 0 radical (unpaired) electrons. The third-order valence-corrected chi connectivity index (χ3v) is 9.18. The Labute approximate surface area is 220 Å². The molecule has 0 unspecified atom stereocenters. The minimum atomic E-state index is -3.31. The van der Waals surface area contributed by atoms with Gasteiger partial charge in [-0.05, 0) is 13.8 Å². The molecule has 3 aromatic rings. The second-order valence-electron chi connectivity index (χ2n) is 10.9. The van der Waals surface area contributed by atoms with Crippen LogP contribution >= 0.6 is 0 Å². The Bertz CT molecular complexity index is 1390. The van der Waals surface area contributed by atoms with Gasteiger partial charge >= 0.3 is 0 Å². The molecule has 0 amide bonds. The average molecular weight is 551 g/mol. The van der Waals surface area contributed by atoms with Crippen LogP contribution in [0.25, 0.3) is 11.2 Å². The Morgan fingerprint density at radius 2 is 1.79 bits per heavy atom. The Kier molecular flexibility index (Phi) is 6.94. The van der Waals surface area contributed by atoms with Crippen LogP contribution in [0.5, 0.6) is 0 Å². The maximum Gasteiger partial charge on any atom is 0.216 e. The number of hydrogen-bond donors (Lipinski definition) is 3. The first-order valence-electron chi connectivity index (χ1n) is 12.5. The standard InChI is InChI=1S/C23H34N8O6S/c1-13(2)38(34,35)30-8-6-29(7-9-30)27-20-16-21(25-11-24-20)31(12-26-16)22-18(33)17(32)19(36-22)14-10-15(28-37-14)23(3,4)5/h10-13,17-19,22,32-33H,6-9H2,1-5H3,(H,24,25,27)/t17-,18+,19+,22+/m0/s1. The van der Waals surface area contributed by atoms with Crippen molar-refractivity contribution in [3.05, 3.63) is 30.2 Å². The smallest absolute Gasteiger partial charge is 0.216 e. The van der Waals surface area contributed by atoms with Gasteiger partial charge in [0.05, 0.1) is 17.3 Å². The molecule has 3 N–H and O–H groups in total. The second kappa shape index (κ2) is 9.81. The largest absolute Gasteiger partial charge is 0.387 e. The fourth-order valence-electron chi connectivity index (χ4n) is 4.52. The summed E-state index contributed by atoms with van der Waals surface area (Å²) in [5, 5.41) is 27.1. The number of sulfonamides is 1. The van der Waals surface area contributed by atoms with Gasteiger partial charge in [0.2, 0.25) is 10.0 Å². The molecule has 4 atom stereocenters. The summed E-state index contributed by atoms with van der Waals surface area (Å²) in [6, 6.07) is 1.73. The zero-order chi connectivity index (χ0) is 27.4. The Morgan fingerprint density at radius 3 is 2.42 bits per heavy atom. The number of nitrogens with one attached hydrogen (secondary N) is 1. The van der Waals surface area contributed by atoms with Crippen molar-refractivity contribution in [1.29, 1.82) is 0 Å². The molecule has 5 rings (SSSR count). The molecule has 0 saturated carbocycles. The van der Waals surface area contributed by atoms with Gasteiger partial charge in [0.15, 0.2) is 29.0 Å². The third kappa shape index (κ3) is 4.78. The van der Waals surface area contributed by atoms with E-state index < -0.39 is 39.8 Å². The molecule has 2 aliphatic rings. The van der Waals surface area contributed by atoms with Gasteiger partial charge in [-0.3, -0.25) is 4.57 Å². The first kappa shape index (κ1) is 26.9. The second-order valence-corrected chi connectivity index (χ2v) is 13.4. The van der Waals surface area contributed by atoms with Crippen molar-refractivity contribution in [2.45, 2.75) is 69.8 Å². The fraction of sp³-hybridized carbons (Fsp3) is 0.652. The van der Waals surface area contributed by atoms with E-state index in [0.29, 0.717) is 54.6 Å². The summed E-state index contributed by atoms with van der Waals surface area (Å²) in [7, 11) is -3.31. The van der Waals surface area contributed by atoms with Crippen molar-refractivity contribution in [1.82, 2.24) is 34.0 Å². The molecule has 5 heterocycles. The van der Waals surface area contributed by atoms with Crippen LogP contribution in [0.1, 0.15) is 58.4 Å². The SMILES string of the molecule is CC(C)S(=O)(=O)N1CCN(Nc2ncnc3c2ncn3[C@@H]2O[C@H](c3cc(C(C)(C)C)no3)[C@@H](O)[C@H]2O)CC1. The zero-order valence-corrected chi connectivity index (χ0v) is 22.8. The van der Waals surface area contributed by atoms with E-state index in [9.17, 15) is 18.6 Å². The Balaban J connectivity index is 1.33. The molecule has 38 heavy (non-hydrogen) atoms. The van der Waals surface area contributed by atoms with E-state index in [4.69, 9.17) is 9.26 Å². The van der Waals surface area contributed by atoms with Gasteiger partial charge in [-0.25, -0.2) is 28.4 Å². The first-order chi connectivity index (χ1) is 17.9. The maximum atomic E-state index is 12.5. The molecule has 208 valence electrons. The lowest BCUT2D eigenvalue weighted by atomic mass is 9.92. The number of imidazole rings is 1. The van der Waals surface area contributed by atoms with Crippen LogP contribution in [-0.2, 0) is 20.2 Å². The van der Waals surface area contributed by atoms with Crippen LogP contribution in [0.15, 0.2) is 23.2 Å². The summed E-state index contributed by atoms with van der Waals surface area (Å²) in [6.45, 7) is 11.0. The summed E-state index contributed by atoms with van der Waals surface area (Å²) in [5.41, 5.74) is 4.50. The van der Waals surface area contributed by atoms with Gasteiger partial charge in [-0.2, -0.15) is 4.31 Å². The number of nitrogens with zero attached hydrogens (tertiary/aromatic N) is 7. The van der Waals surface area contributed by atoms with E-state index in [-0.39, 0.29) is 5.41 Å². The lowest BCUT2D eigenvalue weighted by Gasteiger charge is -2.35. The number of hydrazine groups is 1. The molecule has 15 heteroatoms. The van der Waals surface area contributed by atoms with E-state index in [2.05, 4.69) is 25.5 Å². The number of aliphatic hydroxyl groups excluding tert-OH is 2. The lowest BCUT2D eigenvalue weighted by molar-refractivity contribution is -0.0434. The van der Waals surface area contributed by atoms with Gasteiger partial charge in [0.25, 0.3) is 0 Å². The summed E-state index contributed by atoms with van der Waals surface area (Å²) in [6.07, 6.45) is -1.59. The monoisotopic (exact) mass is 550 g/mol. The van der Waals surface area contributed by atoms with Crippen LogP contribution in [-0.4, -0.2) is 96.3 Å². The number of aliphatic hydroxyl groups is 2. The third-order valence-electron chi connectivity index (χ3n) is 6.91. The predicted octanol–water partition coefficient (Wildman–Crippen LogP) is 0.786. The molecule has 14 nitrogen and oxygen atoms in total. The van der Waals surface area contributed by atoms with Gasteiger partial charge in [-0.1, -0.05) is 25.9 Å². The van der Waals surface area contributed by atoms with Crippen molar-refractivity contribution in [2.24, 2.45) is 0 Å². The first-order valence-corrected chi connectivity index (χ1v) is 14.0. The van der Waals surface area contributed by atoms with Crippen molar-refractivity contribution in [3.63, 3.8) is 0 Å². The Morgan fingerprint density at radius 1 is 1.08 bits per heavy atom. The molecule has 2 aliphatic heterocycles. The number of aromatic nitrogens is 5. The van der Waals surface area contributed by atoms with E-state index in [0.717, 1.165) is 0 Å². The van der Waals surface area contributed by atoms with E-state index >= 15 is 0 Å². The molecule has 0 aliphatic carbocycles. The van der Waals surface area contributed by atoms with Crippen molar-refractivity contribution >= 4 is 27.0 Å². The van der Waals surface area contributed by atoms with Gasteiger partial charge < -0.3 is 24.9 Å². The fourth-order valence-corrected chi connectivity index (χ4v) is 5.79. The normalized spacial score (nSPS) is 26.0. The summed E-state index contributed by atoms with van der Waals surface area (Å²) < 4.78 is 39.4. The number of hydrogen-bond acceptors (Lipinski definition) is 12. The number of fused-ring (bicyclic) bond motifs is 1. The van der Waals surface area contributed by atoms with Gasteiger partial charge in [-0.15, -0.1) is 0 Å². The molecule has 0 aromatic carbocycles. The van der Waals surface area contributed by atoms with Crippen LogP contribution in [0, 0.1) is 0 Å². The highest BCUT2D eigenvalue weighted by molar-refractivity contribution is 7.89. The molecule has 2 fully saturated rings. The molecule has 0 bridgehead atoms. The average Bonchev–Trinajstić information content (AvgIpc) is 3.58. The highest BCUT2D eigenvalue weighted by Gasteiger charge is 2.47. The zero-order valence-electron chi connectivity index (χ0n) is 22.0. The molecular weight excluding hydrogens is 516 g/mol. The number of piperazine rings is 1. The van der Waals surface area contributed by atoms with Crippen molar-refractivity contribution in [3.8, 4) is 0 Å². The molecular formula is C23H34N8O6S.